The predicted octanol–water partition coefficient (Wildman–Crippen LogP) is 3.95. The van der Waals surface area contributed by atoms with Gasteiger partial charge in [-0.1, -0.05) is 58.9 Å². The average Bonchev–Trinajstić information content (AvgIpc) is 2.24. The van der Waals surface area contributed by atoms with E-state index >= 15 is 0 Å². The van der Waals surface area contributed by atoms with E-state index in [-0.39, 0.29) is 5.41 Å². The van der Waals surface area contributed by atoms with E-state index in [9.17, 15) is 0 Å². The molecule has 0 fully saturated rings. The zero-order valence-corrected chi connectivity index (χ0v) is 11.3. The fourth-order valence-corrected chi connectivity index (χ4v) is 2.22. The minimum Gasteiger partial charge on any atom is -0.310 e. The van der Waals surface area contributed by atoms with Crippen LogP contribution in [0.25, 0.3) is 0 Å². The van der Waals surface area contributed by atoms with Crippen molar-refractivity contribution in [2.75, 3.05) is 6.54 Å². The van der Waals surface area contributed by atoms with E-state index in [0.29, 0.717) is 6.04 Å². The Hall–Kier alpha value is -0.820. The van der Waals surface area contributed by atoms with Crippen molar-refractivity contribution in [3.8, 4) is 0 Å². The number of hydrogen-bond acceptors (Lipinski definition) is 1. The SMILES string of the molecule is CCNC(c1ccccc1CC)C(C)(C)C. The van der Waals surface area contributed by atoms with Gasteiger partial charge >= 0.3 is 0 Å². The van der Waals surface area contributed by atoms with Crippen molar-refractivity contribution in [3.63, 3.8) is 0 Å². The van der Waals surface area contributed by atoms with Gasteiger partial charge in [0, 0.05) is 6.04 Å². The van der Waals surface area contributed by atoms with Crippen molar-refractivity contribution in [2.45, 2.75) is 47.1 Å². The molecule has 1 unspecified atom stereocenters. The molecule has 1 heteroatoms. The van der Waals surface area contributed by atoms with Gasteiger partial charge in [0.15, 0.2) is 0 Å². The first-order chi connectivity index (χ1) is 7.50. The average molecular weight is 219 g/mol. The van der Waals surface area contributed by atoms with Gasteiger partial charge in [-0.15, -0.1) is 0 Å². The van der Waals surface area contributed by atoms with E-state index in [2.05, 4.69) is 64.2 Å². The van der Waals surface area contributed by atoms with Crippen LogP contribution in [0.3, 0.4) is 0 Å². The van der Waals surface area contributed by atoms with Gasteiger partial charge in [0.2, 0.25) is 0 Å². The second-order valence-corrected chi connectivity index (χ2v) is 5.41. The van der Waals surface area contributed by atoms with Crippen LogP contribution >= 0.6 is 0 Å². The first kappa shape index (κ1) is 13.2. The molecule has 0 aromatic heterocycles. The minimum atomic E-state index is 0.251. The van der Waals surface area contributed by atoms with E-state index < -0.39 is 0 Å². The highest BCUT2D eigenvalue weighted by Crippen LogP contribution is 2.34. The van der Waals surface area contributed by atoms with Gasteiger partial charge in [0.1, 0.15) is 0 Å². The lowest BCUT2D eigenvalue weighted by molar-refractivity contribution is 0.275. The molecule has 1 aromatic carbocycles. The molecule has 1 nitrogen and oxygen atoms in total. The maximum Gasteiger partial charge on any atom is 0.0371 e. The molecule has 0 heterocycles. The normalized spacial score (nSPS) is 13.8. The van der Waals surface area contributed by atoms with E-state index in [4.69, 9.17) is 0 Å². The van der Waals surface area contributed by atoms with Crippen molar-refractivity contribution in [1.82, 2.24) is 5.32 Å². The molecule has 0 aliphatic rings. The second-order valence-electron chi connectivity index (χ2n) is 5.41. The molecule has 16 heavy (non-hydrogen) atoms. The fraction of sp³-hybridized carbons (Fsp3) is 0.600. The monoisotopic (exact) mass is 219 g/mol. The van der Waals surface area contributed by atoms with Crippen molar-refractivity contribution < 1.29 is 0 Å². The molecule has 0 aliphatic carbocycles. The Morgan fingerprint density at radius 2 is 1.75 bits per heavy atom. The minimum absolute atomic E-state index is 0.251. The van der Waals surface area contributed by atoms with Crippen LogP contribution in [0.15, 0.2) is 24.3 Å². The molecule has 90 valence electrons. The number of hydrogen-bond donors (Lipinski definition) is 1. The Balaban J connectivity index is 3.10. The van der Waals surface area contributed by atoms with E-state index in [1.807, 2.05) is 0 Å². The van der Waals surface area contributed by atoms with E-state index in [1.54, 1.807) is 0 Å². The van der Waals surface area contributed by atoms with Gasteiger partial charge in [-0.25, -0.2) is 0 Å². The van der Waals surface area contributed by atoms with Crippen LogP contribution in [-0.4, -0.2) is 6.54 Å². The van der Waals surface area contributed by atoms with Gasteiger partial charge in [-0.3, -0.25) is 0 Å². The lowest BCUT2D eigenvalue weighted by Crippen LogP contribution is -2.32. The molecule has 0 radical (unpaired) electrons. The summed E-state index contributed by atoms with van der Waals surface area (Å²) in [6.07, 6.45) is 1.11. The lowest BCUT2D eigenvalue weighted by atomic mass is 9.80. The Kier molecular flexibility index (Phi) is 4.55. The topological polar surface area (TPSA) is 12.0 Å². The first-order valence-corrected chi connectivity index (χ1v) is 6.31. The molecule has 0 spiro atoms. The van der Waals surface area contributed by atoms with Crippen LogP contribution in [0, 0.1) is 5.41 Å². The molecular formula is C15H25N. The van der Waals surface area contributed by atoms with Crippen LogP contribution in [0.5, 0.6) is 0 Å². The van der Waals surface area contributed by atoms with Crippen molar-refractivity contribution >= 4 is 0 Å². The molecule has 1 atom stereocenters. The zero-order chi connectivity index (χ0) is 12.2. The van der Waals surface area contributed by atoms with Gasteiger partial charge < -0.3 is 5.32 Å². The maximum absolute atomic E-state index is 3.61. The summed E-state index contributed by atoms with van der Waals surface area (Å²) in [5.74, 6) is 0. The van der Waals surface area contributed by atoms with Gasteiger partial charge in [0.05, 0.1) is 0 Å². The van der Waals surface area contributed by atoms with E-state index in [1.165, 1.54) is 11.1 Å². The Labute approximate surface area is 100 Å². The molecule has 0 saturated carbocycles. The largest absolute Gasteiger partial charge is 0.310 e. The Morgan fingerprint density at radius 1 is 1.12 bits per heavy atom. The van der Waals surface area contributed by atoms with Crippen LogP contribution in [0.4, 0.5) is 0 Å². The summed E-state index contributed by atoms with van der Waals surface area (Å²) >= 11 is 0. The smallest absolute Gasteiger partial charge is 0.0371 e. The summed E-state index contributed by atoms with van der Waals surface area (Å²) in [6, 6.07) is 9.22. The molecule has 0 saturated heterocycles. The molecule has 1 N–H and O–H groups in total. The Morgan fingerprint density at radius 3 is 2.25 bits per heavy atom. The molecule has 1 rings (SSSR count). The standard InChI is InChI=1S/C15H25N/c1-6-12-10-8-9-11-13(12)14(16-7-2)15(3,4)5/h8-11,14,16H,6-7H2,1-5H3. The second kappa shape index (κ2) is 5.49. The summed E-state index contributed by atoms with van der Waals surface area (Å²) < 4.78 is 0. The summed E-state index contributed by atoms with van der Waals surface area (Å²) in [5.41, 5.74) is 3.17. The number of benzene rings is 1. The molecule has 0 aliphatic heterocycles. The Bertz CT molecular complexity index is 322. The predicted molar refractivity (Wildman–Crippen MR) is 71.7 cm³/mol. The quantitative estimate of drug-likeness (QED) is 0.808. The summed E-state index contributed by atoms with van der Waals surface area (Å²) in [4.78, 5) is 0. The van der Waals surface area contributed by atoms with Gasteiger partial charge in [-0.2, -0.15) is 0 Å². The summed E-state index contributed by atoms with van der Waals surface area (Å²) in [5, 5.41) is 3.61. The lowest BCUT2D eigenvalue weighted by Gasteiger charge is -2.33. The third kappa shape index (κ3) is 3.08. The third-order valence-electron chi connectivity index (χ3n) is 3.02. The highest BCUT2D eigenvalue weighted by atomic mass is 14.9. The number of rotatable bonds is 4. The highest BCUT2D eigenvalue weighted by Gasteiger charge is 2.26. The zero-order valence-electron chi connectivity index (χ0n) is 11.3. The molecule has 0 bridgehead atoms. The maximum atomic E-state index is 3.61. The van der Waals surface area contributed by atoms with Crippen molar-refractivity contribution in [3.05, 3.63) is 35.4 Å². The molecule has 0 amide bonds. The van der Waals surface area contributed by atoms with E-state index in [0.717, 1.165) is 13.0 Å². The van der Waals surface area contributed by atoms with Crippen LogP contribution < -0.4 is 5.32 Å². The van der Waals surface area contributed by atoms with Gasteiger partial charge in [-0.05, 0) is 29.5 Å². The molecule has 1 aromatic rings. The van der Waals surface area contributed by atoms with Crippen molar-refractivity contribution in [2.24, 2.45) is 5.41 Å². The first-order valence-electron chi connectivity index (χ1n) is 6.31. The number of aryl methyl sites for hydroxylation is 1. The third-order valence-corrected chi connectivity index (χ3v) is 3.02. The highest BCUT2D eigenvalue weighted by molar-refractivity contribution is 5.31. The number of nitrogens with one attached hydrogen (secondary N) is 1. The molecular weight excluding hydrogens is 194 g/mol. The summed E-state index contributed by atoms with van der Waals surface area (Å²) in [7, 11) is 0. The fourth-order valence-electron chi connectivity index (χ4n) is 2.22. The van der Waals surface area contributed by atoms with Crippen LogP contribution in [0.1, 0.15) is 51.8 Å². The van der Waals surface area contributed by atoms with Crippen LogP contribution in [0.2, 0.25) is 0 Å². The van der Waals surface area contributed by atoms with Crippen LogP contribution in [-0.2, 0) is 6.42 Å². The van der Waals surface area contributed by atoms with Crippen molar-refractivity contribution in [1.29, 1.82) is 0 Å². The van der Waals surface area contributed by atoms with Gasteiger partial charge in [0.25, 0.3) is 0 Å². The summed E-state index contributed by atoms with van der Waals surface area (Å²) in [6.45, 7) is 12.3.